The molecule has 142 valence electrons. The number of rotatable bonds is 8. The first kappa shape index (κ1) is 18.9. The maximum Gasteiger partial charge on any atom is 0.346 e. The van der Waals surface area contributed by atoms with Crippen LogP contribution in [-0.4, -0.2) is 29.6 Å². The van der Waals surface area contributed by atoms with Crippen molar-refractivity contribution in [3.05, 3.63) is 66.0 Å². The third-order valence-electron chi connectivity index (χ3n) is 4.83. The van der Waals surface area contributed by atoms with Gasteiger partial charge in [-0.25, -0.2) is 9.18 Å². The minimum atomic E-state index is -1.22. The first-order valence-electron chi connectivity index (χ1n) is 8.98. The Morgan fingerprint density at radius 1 is 1.11 bits per heavy atom. The summed E-state index contributed by atoms with van der Waals surface area (Å²) in [5.41, 5.74) is 1.30. The Hall–Kier alpha value is -2.89. The molecule has 0 aliphatic heterocycles. The molecule has 2 aromatic carbocycles. The minimum Gasteiger partial charge on any atom is -0.478 e. The molecule has 27 heavy (non-hydrogen) atoms. The van der Waals surface area contributed by atoms with E-state index >= 15 is 0 Å². The van der Waals surface area contributed by atoms with E-state index in [0.717, 1.165) is 12.8 Å². The van der Waals surface area contributed by atoms with E-state index in [2.05, 4.69) is 17.4 Å². The minimum absolute atomic E-state index is 0.139. The molecule has 2 aromatic rings. The summed E-state index contributed by atoms with van der Waals surface area (Å²) in [6.45, 7) is -0.139. The number of carboxylic acids is 1. The summed E-state index contributed by atoms with van der Waals surface area (Å²) in [5.74, 6) is -0.749. The summed E-state index contributed by atoms with van der Waals surface area (Å²) in [4.78, 5) is 23.4. The van der Waals surface area contributed by atoms with Crippen LogP contribution >= 0.6 is 0 Å². The molecule has 1 aliphatic carbocycles. The number of benzene rings is 2. The van der Waals surface area contributed by atoms with Gasteiger partial charge in [0.2, 0.25) is 12.0 Å². The smallest absolute Gasteiger partial charge is 0.346 e. The number of amides is 1. The largest absolute Gasteiger partial charge is 0.478 e. The first-order chi connectivity index (χ1) is 13.0. The van der Waals surface area contributed by atoms with Crippen molar-refractivity contribution in [3.8, 4) is 5.75 Å². The van der Waals surface area contributed by atoms with Crippen LogP contribution < -0.4 is 10.1 Å². The van der Waals surface area contributed by atoms with E-state index < -0.39 is 17.9 Å². The van der Waals surface area contributed by atoms with Gasteiger partial charge in [-0.1, -0.05) is 30.3 Å². The normalized spacial score (nSPS) is 19.6. The number of aliphatic carboxylic acids is 1. The molecule has 1 unspecified atom stereocenters. The van der Waals surface area contributed by atoms with Gasteiger partial charge in [0.1, 0.15) is 11.6 Å². The summed E-state index contributed by atoms with van der Waals surface area (Å²) in [5, 5.41) is 11.9. The maximum absolute atomic E-state index is 12.9. The highest BCUT2D eigenvalue weighted by Gasteiger charge is 2.32. The third-order valence-corrected chi connectivity index (χ3v) is 4.83. The molecule has 1 aliphatic rings. The fourth-order valence-electron chi connectivity index (χ4n) is 3.30. The number of nitrogens with one attached hydrogen (secondary N) is 1. The van der Waals surface area contributed by atoms with Crippen LogP contribution in [-0.2, 0) is 9.59 Å². The fourth-order valence-corrected chi connectivity index (χ4v) is 3.30. The van der Waals surface area contributed by atoms with Gasteiger partial charge in [0, 0.05) is 6.42 Å². The van der Waals surface area contributed by atoms with Crippen LogP contribution in [0, 0.1) is 11.7 Å². The van der Waals surface area contributed by atoms with Gasteiger partial charge in [-0.3, -0.25) is 4.79 Å². The summed E-state index contributed by atoms with van der Waals surface area (Å²) >= 11 is 0. The number of hydrogen-bond donors (Lipinski definition) is 2. The van der Waals surface area contributed by atoms with Gasteiger partial charge < -0.3 is 15.2 Å². The van der Waals surface area contributed by atoms with Crippen LogP contribution in [0.4, 0.5) is 4.39 Å². The quantitative estimate of drug-likeness (QED) is 0.746. The van der Waals surface area contributed by atoms with Gasteiger partial charge in [-0.05, 0) is 54.5 Å². The molecule has 5 nitrogen and oxygen atoms in total. The van der Waals surface area contributed by atoms with E-state index in [1.165, 1.54) is 29.8 Å². The lowest BCUT2D eigenvalue weighted by Crippen LogP contribution is -2.41. The summed E-state index contributed by atoms with van der Waals surface area (Å²) < 4.78 is 18.2. The number of hydrogen-bond acceptors (Lipinski definition) is 3. The molecule has 1 atom stereocenters. The van der Waals surface area contributed by atoms with E-state index in [1.54, 1.807) is 0 Å². The standard InChI is InChI=1S/C21H22FNO4/c22-17-6-8-18(9-7-17)27-19(21(25)26)13-23-20(24)12-14-10-16(11-14)15-4-2-1-3-5-15/h1-9,14,16,19H,10-13H2,(H,23,24)(H,25,26). The van der Waals surface area contributed by atoms with Gasteiger partial charge in [0.25, 0.3) is 0 Å². The van der Waals surface area contributed by atoms with Crippen LogP contribution in [0.15, 0.2) is 54.6 Å². The highest BCUT2D eigenvalue weighted by molar-refractivity contribution is 5.78. The number of carbonyl (C=O) groups is 2. The zero-order valence-electron chi connectivity index (χ0n) is 14.8. The molecule has 1 fully saturated rings. The van der Waals surface area contributed by atoms with E-state index in [9.17, 15) is 19.1 Å². The predicted molar refractivity (Wildman–Crippen MR) is 98.0 cm³/mol. The predicted octanol–water partition coefficient (Wildman–Crippen LogP) is 3.36. The van der Waals surface area contributed by atoms with E-state index in [1.807, 2.05) is 18.2 Å². The third kappa shape index (κ3) is 5.29. The molecule has 1 saturated carbocycles. The van der Waals surface area contributed by atoms with Gasteiger partial charge in [-0.2, -0.15) is 0 Å². The molecule has 6 heteroatoms. The first-order valence-corrected chi connectivity index (χ1v) is 8.98. The zero-order valence-corrected chi connectivity index (χ0v) is 14.8. The Morgan fingerprint density at radius 3 is 2.41 bits per heavy atom. The lowest BCUT2D eigenvalue weighted by atomic mass is 9.70. The summed E-state index contributed by atoms with van der Waals surface area (Å²) in [6, 6.07) is 15.3. The molecule has 0 bridgehead atoms. The van der Waals surface area contributed by atoms with Crippen LogP contribution in [0.5, 0.6) is 5.75 Å². The Morgan fingerprint density at radius 2 is 1.78 bits per heavy atom. The lowest BCUT2D eigenvalue weighted by Gasteiger charge is -2.35. The molecule has 0 aromatic heterocycles. The molecule has 2 N–H and O–H groups in total. The molecule has 0 spiro atoms. The van der Waals surface area contributed by atoms with Crippen molar-refractivity contribution in [1.82, 2.24) is 5.32 Å². The summed E-state index contributed by atoms with van der Waals surface area (Å²) in [6.07, 6.45) is 1.09. The average Bonchev–Trinajstić information content (AvgIpc) is 2.63. The van der Waals surface area contributed by atoms with Gasteiger partial charge in [-0.15, -0.1) is 0 Å². The lowest BCUT2D eigenvalue weighted by molar-refractivity contribution is -0.145. The maximum atomic E-state index is 12.9. The van der Waals surface area contributed by atoms with Crippen molar-refractivity contribution in [2.75, 3.05) is 6.54 Å². The van der Waals surface area contributed by atoms with Crippen molar-refractivity contribution in [2.24, 2.45) is 5.92 Å². The Kier molecular flexibility index (Phi) is 6.06. The molecule has 0 heterocycles. The van der Waals surface area contributed by atoms with Crippen LogP contribution in [0.25, 0.3) is 0 Å². The highest BCUT2D eigenvalue weighted by atomic mass is 19.1. The second-order valence-corrected chi connectivity index (χ2v) is 6.85. The SMILES string of the molecule is O=C(CC1CC(c2ccccc2)C1)NCC(Oc1ccc(F)cc1)C(=O)O. The topological polar surface area (TPSA) is 75.6 Å². The highest BCUT2D eigenvalue weighted by Crippen LogP contribution is 2.43. The van der Waals surface area contributed by atoms with Gasteiger partial charge >= 0.3 is 5.97 Å². The van der Waals surface area contributed by atoms with Crippen LogP contribution in [0.2, 0.25) is 0 Å². The van der Waals surface area contributed by atoms with E-state index in [4.69, 9.17) is 4.74 Å². The van der Waals surface area contributed by atoms with Crippen molar-refractivity contribution in [1.29, 1.82) is 0 Å². The summed E-state index contributed by atoms with van der Waals surface area (Å²) in [7, 11) is 0. The Bertz CT molecular complexity index is 773. The van der Waals surface area contributed by atoms with E-state index in [0.29, 0.717) is 18.3 Å². The second-order valence-electron chi connectivity index (χ2n) is 6.85. The number of ether oxygens (including phenoxy) is 1. The Labute approximate surface area is 157 Å². The van der Waals surface area contributed by atoms with Crippen molar-refractivity contribution in [3.63, 3.8) is 0 Å². The van der Waals surface area contributed by atoms with Crippen molar-refractivity contribution < 1.29 is 23.8 Å². The van der Waals surface area contributed by atoms with Gasteiger partial charge in [0.15, 0.2) is 0 Å². The average molecular weight is 371 g/mol. The molecular weight excluding hydrogens is 349 g/mol. The zero-order chi connectivity index (χ0) is 19.2. The second kappa shape index (κ2) is 8.66. The molecule has 3 rings (SSSR count). The van der Waals surface area contributed by atoms with E-state index in [-0.39, 0.29) is 18.2 Å². The molecular formula is C21H22FNO4. The molecule has 0 radical (unpaired) electrons. The fraction of sp³-hybridized carbons (Fsp3) is 0.333. The molecule has 1 amide bonds. The number of halogens is 1. The van der Waals surface area contributed by atoms with Crippen LogP contribution in [0.3, 0.4) is 0 Å². The monoisotopic (exact) mass is 371 g/mol. The van der Waals surface area contributed by atoms with Gasteiger partial charge in [0.05, 0.1) is 6.54 Å². The number of carboxylic acid groups (broad SMARTS) is 1. The van der Waals surface area contributed by atoms with Crippen molar-refractivity contribution >= 4 is 11.9 Å². The number of carbonyl (C=O) groups excluding carboxylic acids is 1. The van der Waals surface area contributed by atoms with Crippen molar-refractivity contribution in [2.45, 2.75) is 31.3 Å². The Balaban J connectivity index is 1.42. The molecule has 0 saturated heterocycles. The van der Waals surface area contributed by atoms with Crippen LogP contribution in [0.1, 0.15) is 30.7 Å².